The van der Waals surface area contributed by atoms with Gasteiger partial charge in [-0.3, -0.25) is 9.48 Å². The lowest BCUT2D eigenvalue weighted by atomic mass is 10.2. The molecule has 0 saturated carbocycles. The number of benzene rings is 1. The van der Waals surface area contributed by atoms with Gasteiger partial charge >= 0.3 is 0 Å². The Kier molecular flexibility index (Phi) is 3.01. The second-order valence-electron chi connectivity index (χ2n) is 3.98. The zero-order valence-electron chi connectivity index (χ0n) is 10.1. The van der Waals surface area contributed by atoms with Crippen LogP contribution in [-0.2, 0) is 7.05 Å². The molecule has 0 spiro atoms. The summed E-state index contributed by atoms with van der Waals surface area (Å²) in [5.41, 5.74) is 7.15. The monoisotopic (exact) mass is 248 g/mol. The maximum atomic E-state index is 13.1. The van der Waals surface area contributed by atoms with Crippen LogP contribution in [0.1, 0.15) is 15.9 Å². The van der Waals surface area contributed by atoms with Gasteiger partial charge in [-0.15, -0.1) is 0 Å². The number of hydrogen-bond acceptors (Lipinski definition) is 3. The second kappa shape index (κ2) is 4.48. The summed E-state index contributed by atoms with van der Waals surface area (Å²) >= 11 is 0. The molecule has 1 amide bonds. The van der Waals surface area contributed by atoms with E-state index in [1.54, 1.807) is 20.0 Å². The summed E-state index contributed by atoms with van der Waals surface area (Å²) in [5, 5.41) is 6.48. The highest BCUT2D eigenvalue weighted by atomic mass is 19.1. The standard InChI is InChI=1S/C12H13FN4O/c1-7-3-4-8(13)5-10(7)16-12(18)9-6-15-17(2)11(9)14/h3-6H,14H2,1-2H3,(H,16,18). The van der Waals surface area contributed by atoms with E-state index in [0.717, 1.165) is 5.56 Å². The first-order valence-corrected chi connectivity index (χ1v) is 5.34. The first kappa shape index (κ1) is 12.1. The highest BCUT2D eigenvalue weighted by Crippen LogP contribution is 2.18. The van der Waals surface area contributed by atoms with E-state index in [-0.39, 0.29) is 11.4 Å². The Morgan fingerprint density at radius 3 is 2.83 bits per heavy atom. The molecule has 0 bridgehead atoms. The highest BCUT2D eigenvalue weighted by molar-refractivity contribution is 6.07. The number of nitrogens with two attached hydrogens (primary N) is 1. The molecule has 0 fully saturated rings. The summed E-state index contributed by atoms with van der Waals surface area (Å²) < 4.78 is 14.5. The maximum absolute atomic E-state index is 13.1. The van der Waals surface area contributed by atoms with Gasteiger partial charge in [-0.25, -0.2) is 4.39 Å². The van der Waals surface area contributed by atoms with Crippen molar-refractivity contribution in [1.82, 2.24) is 9.78 Å². The quantitative estimate of drug-likeness (QED) is 0.849. The number of carbonyl (C=O) groups excluding carboxylic acids is 1. The summed E-state index contributed by atoms with van der Waals surface area (Å²) in [6, 6.07) is 4.20. The molecule has 1 heterocycles. The van der Waals surface area contributed by atoms with Crippen LogP contribution >= 0.6 is 0 Å². The Balaban J connectivity index is 2.27. The summed E-state index contributed by atoms with van der Waals surface area (Å²) in [5.74, 6) is -0.550. The maximum Gasteiger partial charge on any atom is 0.261 e. The molecule has 94 valence electrons. The molecule has 0 atom stereocenters. The largest absolute Gasteiger partial charge is 0.383 e. The molecule has 1 aromatic heterocycles. The number of nitrogens with zero attached hydrogens (tertiary/aromatic N) is 2. The lowest BCUT2D eigenvalue weighted by Crippen LogP contribution is -2.14. The Labute approximate surface area is 103 Å². The van der Waals surface area contributed by atoms with Crippen LogP contribution in [0.2, 0.25) is 0 Å². The highest BCUT2D eigenvalue weighted by Gasteiger charge is 2.14. The van der Waals surface area contributed by atoms with Gasteiger partial charge < -0.3 is 11.1 Å². The molecule has 0 unspecified atom stereocenters. The van der Waals surface area contributed by atoms with Crippen LogP contribution in [0.3, 0.4) is 0 Å². The smallest absolute Gasteiger partial charge is 0.261 e. The minimum absolute atomic E-state index is 0.265. The van der Waals surface area contributed by atoms with Crippen molar-refractivity contribution in [1.29, 1.82) is 0 Å². The van der Waals surface area contributed by atoms with Gasteiger partial charge in [0.25, 0.3) is 5.91 Å². The third-order valence-electron chi connectivity index (χ3n) is 2.68. The molecule has 0 aliphatic rings. The minimum atomic E-state index is -0.408. The van der Waals surface area contributed by atoms with Crippen LogP contribution in [0.15, 0.2) is 24.4 Å². The SMILES string of the molecule is Cc1ccc(F)cc1NC(=O)c1cnn(C)c1N. The fourth-order valence-electron chi connectivity index (χ4n) is 1.54. The van der Waals surface area contributed by atoms with Crippen molar-refractivity contribution in [2.45, 2.75) is 6.92 Å². The Bertz CT molecular complexity index is 606. The molecule has 0 radical (unpaired) electrons. The molecule has 0 aliphatic heterocycles. The first-order valence-electron chi connectivity index (χ1n) is 5.34. The molecule has 2 aromatic rings. The van der Waals surface area contributed by atoms with Crippen molar-refractivity contribution in [3.05, 3.63) is 41.3 Å². The number of rotatable bonds is 2. The van der Waals surface area contributed by atoms with Crippen molar-refractivity contribution in [2.75, 3.05) is 11.1 Å². The normalized spacial score (nSPS) is 10.4. The minimum Gasteiger partial charge on any atom is -0.383 e. The zero-order valence-corrected chi connectivity index (χ0v) is 10.1. The van der Waals surface area contributed by atoms with Crippen LogP contribution in [-0.4, -0.2) is 15.7 Å². The summed E-state index contributed by atoms with van der Waals surface area (Å²) in [7, 11) is 1.64. The van der Waals surface area contributed by atoms with Gasteiger partial charge in [0.05, 0.1) is 6.20 Å². The second-order valence-corrected chi connectivity index (χ2v) is 3.98. The molecule has 2 rings (SSSR count). The number of carbonyl (C=O) groups is 1. The van der Waals surface area contributed by atoms with Gasteiger partial charge in [0.2, 0.25) is 0 Å². The predicted octanol–water partition coefficient (Wildman–Crippen LogP) is 1.70. The Morgan fingerprint density at radius 2 is 2.22 bits per heavy atom. The lowest BCUT2D eigenvalue weighted by molar-refractivity contribution is 0.102. The fourth-order valence-corrected chi connectivity index (χ4v) is 1.54. The number of anilines is 2. The third-order valence-corrected chi connectivity index (χ3v) is 2.68. The summed E-state index contributed by atoms with van der Waals surface area (Å²) in [6.07, 6.45) is 1.37. The molecule has 0 aliphatic carbocycles. The number of aromatic nitrogens is 2. The number of hydrogen-bond donors (Lipinski definition) is 2. The van der Waals surface area contributed by atoms with Crippen LogP contribution < -0.4 is 11.1 Å². The third kappa shape index (κ3) is 2.17. The average molecular weight is 248 g/mol. The van der Waals surface area contributed by atoms with Crippen molar-refractivity contribution < 1.29 is 9.18 Å². The molecule has 6 heteroatoms. The summed E-state index contributed by atoms with van der Waals surface area (Å²) in [6.45, 7) is 1.78. The zero-order chi connectivity index (χ0) is 13.3. The van der Waals surface area contributed by atoms with Crippen LogP contribution in [0.4, 0.5) is 15.9 Å². The van der Waals surface area contributed by atoms with Crippen molar-refractivity contribution in [2.24, 2.45) is 7.05 Å². The van der Waals surface area contributed by atoms with E-state index in [1.807, 2.05) is 0 Å². The molecule has 18 heavy (non-hydrogen) atoms. The van der Waals surface area contributed by atoms with Gasteiger partial charge in [0.1, 0.15) is 17.2 Å². The Hall–Kier alpha value is -2.37. The van der Waals surface area contributed by atoms with E-state index in [1.165, 1.54) is 23.0 Å². The van der Waals surface area contributed by atoms with Gasteiger partial charge in [-0.1, -0.05) is 6.07 Å². The number of aryl methyl sites for hydroxylation is 2. The molecule has 1 aromatic carbocycles. The number of nitrogens with one attached hydrogen (secondary N) is 1. The van der Waals surface area contributed by atoms with E-state index < -0.39 is 11.7 Å². The molecular weight excluding hydrogens is 235 g/mol. The van der Waals surface area contributed by atoms with Crippen molar-refractivity contribution >= 4 is 17.4 Å². The number of halogens is 1. The van der Waals surface area contributed by atoms with Crippen LogP contribution in [0, 0.1) is 12.7 Å². The van der Waals surface area contributed by atoms with Gasteiger partial charge in [0.15, 0.2) is 0 Å². The van der Waals surface area contributed by atoms with Gasteiger partial charge in [0, 0.05) is 12.7 Å². The van der Waals surface area contributed by atoms with E-state index in [2.05, 4.69) is 10.4 Å². The molecular formula is C12H13FN4O. The first-order chi connectivity index (χ1) is 8.49. The molecule has 5 nitrogen and oxygen atoms in total. The van der Waals surface area contributed by atoms with Crippen molar-refractivity contribution in [3.63, 3.8) is 0 Å². The van der Waals surface area contributed by atoms with E-state index >= 15 is 0 Å². The van der Waals surface area contributed by atoms with Crippen LogP contribution in [0.5, 0.6) is 0 Å². The number of amides is 1. The van der Waals surface area contributed by atoms with E-state index in [0.29, 0.717) is 5.69 Å². The number of nitrogen functional groups attached to an aromatic ring is 1. The average Bonchev–Trinajstić information content (AvgIpc) is 2.65. The van der Waals surface area contributed by atoms with Crippen molar-refractivity contribution in [3.8, 4) is 0 Å². The van der Waals surface area contributed by atoms with Gasteiger partial charge in [-0.2, -0.15) is 5.10 Å². The Morgan fingerprint density at radius 1 is 1.50 bits per heavy atom. The molecule has 3 N–H and O–H groups in total. The van der Waals surface area contributed by atoms with Crippen LogP contribution in [0.25, 0.3) is 0 Å². The van der Waals surface area contributed by atoms with Gasteiger partial charge in [-0.05, 0) is 24.6 Å². The predicted molar refractivity (Wildman–Crippen MR) is 66.7 cm³/mol. The van der Waals surface area contributed by atoms with E-state index in [4.69, 9.17) is 5.73 Å². The summed E-state index contributed by atoms with van der Waals surface area (Å²) in [4.78, 5) is 11.9. The lowest BCUT2D eigenvalue weighted by Gasteiger charge is -2.07. The molecule has 0 saturated heterocycles. The fraction of sp³-hybridized carbons (Fsp3) is 0.167. The topological polar surface area (TPSA) is 72.9 Å². The van der Waals surface area contributed by atoms with E-state index in [9.17, 15) is 9.18 Å².